The molecule has 20 nitrogen and oxygen atoms in total. The number of aryl methyl sites for hydroxylation is 6. The number of pyridine rings is 5. The van der Waals surface area contributed by atoms with Crippen molar-refractivity contribution >= 4 is 150 Å². The Hall–Kier alpha value is -11.1. The van der Waals surface area contributed by atoms with Crippen LogP contribution in [0.15, 0.2) is 247 Å². The van der Waals surface area contributed by atoms with Crippen molar-refractivity contribution in [2.24, 2.45) is 0 Å². The number of fused-ring (bicyclic) bond motifs is 5. The molecule has 0 saturated carbocycles. The molecule has 0 spiro atoms. The molecule has 0 bridgehead atoms. The zero-order chi connectivity index (χ0) is 79.0. The van der Waals surface area contributed by atoms with Gasteiger partial charge in [0.2, 0.25) is 11.4 Å². The van der Waals surface area contributed by atoms with Gasteiger partial charge in [0.05, 0.1) is 95.6 Å². The number of nitrogens with one attached hydrogen (secondary N) is 1. The fraction of sp³-hybridized carbons (Fsp3) is 0.186. The van der Waals surface area contributed by atoms with Crippen molar-refractivity contribution in [3.63, 3.8) is 0 Å². The molecule has 17 aromatic rings. The van der Waals surface area contributed by atoms with Crippen LogP contribution in [-0.2, 0) is 35.5 Å². The van der Waals surface area contributed by atoms with Crippen LogP contribution in [0, 0.1) is 54.7 Å². The Morgan fingerprint density at radius 2 is 0.777 bits per heavy atom. The van der Waals surface area contributed by atoms with E-state index in [0.29, 0.717) is 28.0 Å². The van der Waals surface area contributed by atoms with Gasteiger partial charge < -0.3 is 46.1 Å². The monoisotopic (exact) mass is 1720 g/mol. The van der Waals surface area contributed by atoms with Crippen LogP contribution in [0.4, 0.5) is 11.4 Å². The molecule has 1 fully saturated rings. The average molecular weight is 1720 g/mol. The Morgan fingerprint density at radius 1 is 0.429 bits per heavy atom. The Kier molecular flexibility index (Phi) is 24.5. The summed E-state index contributed by atoms with van der Waals surface area (Å²) in [6, 6.07) is 53.1. The number of nitrogens with zero attached hydrogens (tertiary/aromatic N) is 14. The highest BCUT2D eigenvalue weighted by Crippen LogP contribution is 2.39. The highest BCUT2D eigenvalue weighted by Gasteiger charge is 2.53. The number of rotatable bonds is 11. The molecule has 14 heterocycles. The number of hydrogen-bond acceptors (Lipinski definition) is 13. The fourth-order valence-corrected chi connectivity index (χ4v) is 14.6. The first kappa shape index (κ1) is 79.0. The Labute approximate surface area is 682 Å². The van der Waals surface area contributed by atoms with Crippen LogP contribution < -0.4 is 5.46 Å². The van der Waals surface area contributed by atoms with Crippen LogP contribution in [0.2, 0.25) is 10.0 Å². The molecule has 1 N–H and O–H groups in total. The van der Waals surface area contributed by atoms with E-state index in [1.165, 1.54) is 22.3 Å². The SMILES string of the molecule is Brc1cnc2cc[nH]c2c1.Cc1noc(C)c1-c1cnc2c(Cl)cn(Cc3ccccc3)c2c1.Cc1noc(C)c1B1OC(C)(C)C(C)(C)O1.Clc1cn(Cc2ccccc2)c2cc(Br)cnc12.[C-]#[N+]c1cn(Cc2ccccc2)c2cc(-c3c(C)noc3C)cnc12.[C-]#[N+]c1cn(Cc2ccccc2)c2cc(Br)cnc12. The third kappa shape index (κ3) is 18.0. The molecule has 18 rings (SSSR count). The van der Waals surface area contributed by atoms with Gasteiger partial charge in [-0.3, -0.25) is 24.9 Å². The lowest BCUT2D eigenvalue weighted by atomic mass is 9.77. The lowest BCUT2D eigenvalue weighted by molar-refractivity contribution is 0.00578. The summed E-state index contributed by atoms with van der Waals surface area (Å²) in [6.07, 6.45) is 18.4. The van der Waals surface area contributed by atoms with Crippen molar-refractivity contribution in [1.29, 1.82) is 0 Å². The number of aromatic nitrogens is 13. The topological polar surface area (TPSA) is 205 Å². The highest BCUT2D eigenvalue weighted by molar-refractivity contribution is 9.11. The van der Waals surface area contributed by atoms with Crippen LogP contribution in [0.1, 0.15) is 84.3 Å². The Bertz CT molecular complexity index is 6180. The molecule has 1 aliphatic rings. The van der Waals surface area contributed by atoms with Gasteiger partial charge in [-0.15, -0.1) is 0 Å². The van der Waals surface area contributed by atoms with E-state index < -0.39 is 0 Å². The second-order valence-corrected chi connectivity index (χ2v) is 31.2. The van der Waals surface area contributed by atoms with Crippen molar-refractivity contribution in [2.75, 3.05) is 0 Å². The maximum Gasteiger partial charge on any atom is 0.500 e. The lowest BCUT2D eigenvalue weighted by Gasteiger charge is -2.32. The first-order valence-corrected chi connectivity index (χ1v) is 38.8. The third-order valence-electron chi connectivity index (χ3n) is 19.3. The van der Waals surface area contributed by atoms with E-state index in [1.54, 1.807) is 24.8 Å². The maximum atomic E-state index is 7.43. The summed E-state index contributed by atoms with van der Waals surface area (Å²) in [7, 11) is -0.378. The van der Waals surface area contributed by atoms with E-state index in [4.69, 9.17) is 59.2 Å². The van der Waals surface area contributed by atoms with Gasteiger partial charge in [-0.25, -0.2) is 9.69 Å². The standard InChI is InChI=1S/C20H16N4O.C19H16ClN3O.C15H10BrN3.C14H10BrClN2.C11H18BNO3.C7H5BrN2/c1-13-19(14(2)25-23-13)16-9-18-20(22-10-16)17(21-3)12-24(18)11-15-7-5-4-6-8-15;1-12-18(13(2)24-22-12)15-8-17-19(21-9-15)16(20)11-23(17)10-14-6-4-3-5-7-14;1-17-13-10-19(9-11-5-3-2-4-6-11)14-7-12(16)8-18-15(13)14;15-11-6-13-14(17-7-11)12(16)9-18(13)8-10-4-2-1-3-5-10;1-7-9(8(2)14-13-7)12-15-10(3,4)11(5,6)16-12;8-5-3-7-6(10-4-5)1-2-9-7/h4-10,12H,11H2,1-2H3;3-9,11H,10H2,1-2H3;2-8,10H,9H2;1-7,9H,8H2;1-6H3;1-4,9H. The van der Waals surface area contributed by atoms with Crippen LogP contribution in [0.5, 0.6) is 0 Å². The molecule has 0 amide bonds. The van der Waals surface area contributed by atoms with Gasteiger partial charge in [0.15, 0.2) is 0 Å². The van der Waals surface area contributed by atoms with Gasteiger partial charge >= 0.3 is 7.12 Å². The van der Waals surface area contributed by atoms with Crippen molar-refractivity contribution < 1.29 is 22.9 Å². The number of hydrogen-bond donors (Lipinski definition) is 1. The fourth-order valence-electron chi connectivity index (χ4n) is 13.1. The van der Waals surface area contributed by atoms with Crippen molar-refractivity contribution in [2.45, 2.75) is 107 Å². The molecule has 0 aliphatic carbocycles. The zero-order valence-electron chi connectivity index (χ0n) is 62.9. The average Bonchev–Trinajstić information content (AvgIpc) is 1.60. The molecule has 26 heteroatoms. The highest BCUT2D eigenvalue weighted by atomic mass is 79.9. The van der Waals surface area contributed by atoms with E-state index in [9.17, 15) is 0 Å². The lowest BCUT2D eigenvalue weighted by Crippen LogP contribution is -2.41. The second-order valence-electron chi connectivity index (χ2n) is 27.7. The molecule has 13 aromatic heterocycles. The summed E-state index contributed by atoms with van der Waals surface area (Å²) in [6.45, 7) is 37.2. The van der Waals surface area contributed by atoms with Gasteiger partial charge in [0.25, 0.3) is 0 Å². The summed E-state index contributed by atoms with van der Waals surface area (Å²) < 4.78 is 38.9. The largest absolute Gasteiger partial charge is 0.500 e. The van der Waals surface area contributed by atoms with Crippen LogP contribution in [-0.4, -0.2) is 82.0 Å². The predicted octanol–water partition coefficient (Wildman–Crippen LogP) is 22.7. The van der Waals surface area contributed by atoms with E-state index in [1.807, 2.05) is 203 Å². The predicted molar refractivity (Wildman–Crippen MR) is 454 cm³/mol. The number of benzene rings is 4. The summed E-state index contributed by atoms with van der Waals surface area (Å²) >= 11 is 22.8. The van der Waals surface area contributed by atoms with Gasteiger partial charge in [-0.05, 0) is 176 Å². The molecule has 112 heavy (non-hydrogen) atoms. The van der Waals surface area contributed by atoms with E-state index in [-0.39, 0.29) is 18.3 Å². The molecule has 562 valence electrons. The smallest absolute Gasteiger partial charge is 0.399 e. The first-order chi connectivity index (χ1) is 53.9. The molecule has 1 aliphatic heterocycles. The maximum absolute atomic E-state index is 7.43. The molecule has 0 radical (unpaired) electrons. The molecule has 0 atom stereocenters. The number of H-pyrrole nitrogens is 1. The zero-order valence-corrected chi connectivity index (χ0v) is 69.2. The molecule has 0 unspecified atom stereocenters. The van der Waals surface area contributed by atoms with E-state index >= 15 is 0 Å². The summed E-state index contributed by atoms with van der Waals surface area (Å²) in [5.41, 5.74) is 21.9. The summed E-state index contributed by atoms with van der Waals surface area (Å²) in [5, 5.41) is 13.3. The van der Waals surface area contributed by atoms with E-state index in [2.05, 4.69) is 182 Å². The molecule has 4 aromatic carbocycles. The normalized spacial score (nSPS) is 12.6. The van der Waals surface area contributed by atoms with Crippen LogP contribution in [0.3, 0.4) is 0 Å². The minimum absolute atomic E-state index is 0.326. The molecular weight excluding hydrogens is 1640 g/mol. The van der Waals surface area contributed by atoms with Gasteiger partial charge in [0.1, 0.15) is 28.3 Å². The third-order valence-corrected chi connectivity index (χ3v) is 21.1. The van der Waals surface area contributed by atoms with Crippen molar-refractivity contribution in [3.8, 4) is 22.3 Å². The molecular formula is C86H75BBr3Cl2N15O5. The summed E-state index contributed by atoms with van der Waals surface area (Å²) in [5.74, 6) is 2.32. The van der Waals surface area contributed by atoms with E-state index in [0.717, 1.165) is 150 Å². The molecule has 1 saturated heterocycles. The van der Waals surface area contributed by atoms with Crippen molar-refractivity contribution in [3.05, 3.63) is 323 Å². The minimum atomic E-state index is -0.378. The van der Waals surface area contributed by atoms with Gasteiger partial charge in [-0.2, -0.15) is 0 Å². The first-order valence-electron chi connectivity index (χ1n) is 35.6. The van der Waals surface area contributed by atoms with Crippen LogP contribution >= 0.6 is 71.0 Å². The minimum Gasteiger partial charge on any atom is -0.399 e. The Morgan fingerprint density at radius 3 is 1.18 bits per heavy atom. The number of halogens is 5. The van der Waals surface area contributed by atoms with Crippen molar-refractivity contribution in [1.82, 2.24) is 63.6 Å². The number of aromatic amines is 1. The van der Waals surface area contributed by atoms with Gasteiger partial charge in [-0.1, -0.05) is 160 Å². The Balaban J connectivity index is 0.000000120. The quantitative estimate of drug-likeness (QED) is 0.0946. The van der Waals surface area contributed by atoms with Gasteiger partial charge in [0, 0.05) is 129 Å². The second kappa shape index (κ2) is 34.7. The summed E-state index contributed by atoms with van der Waals surface area (Å²) in [4.78, 5) is 32.2. The van der Waals surface area contributed by atoms with Crippen LogP contribution in [0.25, 0.3) is 87.1 Å².